The predicted octanol–water partition coefficient (Wildman–Crippen LogP) is 1.46. The van der Waals surface area contributed by atoms with Crippen LogP contribution in [-0.2, 0) is 0 Å². The lowest BCUT2D eigenvalue weighted by molar-refractivity contribution is -0.383. The van der Waals surface area contributed by atoms with E-state index in [4.69, 9.17) is 0 Å². The Kier molecular flexibility index (Phi) is 3.30. The molecule has 2 N–H and O–H groups in total. The molecular formula is C12H13N5O3. The average Bonchev–Trinajstić information content (AvgIpc) is 2.95. The van der Waals surface area contributed by atoms with Crippen LogP contribution in [0.15, 0.2) is 28.4 Å². The quantitative estimate of drug-likeness (QED) is 0.494. The van der Waals surface area contributed by atoms with Crippen LogP contribution in [0.3, 0.4) is 0 Å². The largest absolute Gasteiger partial charge is 0.379 e. The third-order valence-electron chi connectivity index (χ3n) is 3.25. The normalized spacial score (nSPS) is 15.1. The van der Waals surface area contributed by atoms with Crippen LogP contribution in [0.2, 0.25) is 0 Å². The Morgan fingerprint density at radius 2 is 2.25 bits per heavy atom. The molecule has 0 fully saturated rings. The van der Waals surface area contributed by atoms with Crippen molar-refractivity contribution in [2.24, 2.45) is 0 Å². The van der Waals surface area contributed by atoms with Crippen LogP contribution in [0, 0.1) is 10.1 Å². The molecule has 8 nitrogen and oxygen atoms in total. The Bertz CT molecular complexity index is 679. The second kappa shape index (κ2) is 5.25. The summed E-state index contributed by atoms with van der Waals surface area (Å²) < 4.78 is 4.62. The van der Waals surface area contributed by atoms with Gasteiger partial charge in [-0.05, 0) is 29.3 Å². The van der Waals surface area contributed by atoms with Gasteiger partial charge >= 0.3 is 5.69 Å². The zero-order valence-electron chi connectivity index (χ0n) is 10.6. The Morgan fingerprint density at radius 1 is 1.40 bits per heavy atom. The lowest BCUT2D eigenvalue weighted by Gasteiger charge is -2.15. The molecule has 0 bridgehead atoms. The highest BCUT2D eigenvalue weighted by Crippen LogP contribution is 2.28. The number of nitrogens with zero attached hydrogens (tertiary/aromatic N) is 3. The van der Waals surface area contributed by atoms with Gasteiger partial charge in [0, 0.05) is 19.2 Å². The highest BCUT2D eigenvalue weighted by Gasteiger charge is 2.19. The lowest BCUT2D eigenvalue weighted by atomic mass is 10.1. The molecule has 2 heterocycles. The van der Waals surface area contributed by atoms with Crippen molar-refractivity contribution >= 4 is 22.4 Å². The summed E-state index contributed by atoms with van der Waals surface area (Å²) in [5, 5.41) is 24.7. The van der Waals surface area contributed by atoms with E-state index in [1.54, 1.807) is 6.07 Å². The smallest absolute Gasteiger partial charge is 0.300 e. The summed E-state index contributed by atoms with van der Waals surface area (Å²) in [6, 6.07) is 3.04. The SMILES string of the molecule is O=[N+]([O-])c1ccc(NCC2=CCNCC2)c2nonc12. The topological polar surface area (TPSA) is 106 Å². The summed E-state index contributed by atoms with van der Waals surface area (Å²) in [4.78, 5) is 10.4. The maximum atomic E-state index is 10.9. The van der Waals surface area contributed by atoms with Gasteiger partial charge in [-0.2, -0.15) is 0 Å². The molecule has 0 aliphatic carbocycles. The van der Waals surface area contributed by atoms with Gasteiger partial charge in [-0.15, -0.1) is 0 Å². The molecule has 0 spiro atoms. The molecule has 1 aromatic heterocycles. The number of rotatable bonds is 4. The number of benzene rings is 1. The van der Waals surface area contributed by atoms with Crippen molar-refractivity contribution in [3.8, 4) is 0 Å². The number of fused-ring (bicyclic) bond motifs is 1. The molecule has 0 unspecified atom stereocenters. The number of nitrogens with one attached hydrogen (secondary N) is 2. The fourth-order valence-electron chi connectivity index (χ4n) is 2.18. The standard InChI is InChI=1S/C12H13N5O3/c18-17(19)10-2-1-9(11-12(10)16-20-15-11)14-7-8-3-5-13-6-4-8/h1-3,13-14H,4-7H2. The predicted molar refractivity (Wildman–Crippen MR) is 72.5 cm³/mol. The number of non-ortho nitro benzene ring substituents is 1. The lowest BCUT2D eigenvalue weighted by Crippen LogP contribution is -2.23. The summed E-state index contributed by atoms with van der Waals surface area (Å²) in [5.41, 5.74) is 2.43. The van der Waals surface area contributed by atoms with E-state index in [0.29, 0.717) is 17.7 Å². The van der Waals surface area contributed by atoms with E-state index in [0.717, 1.165) is 19.5 Å². The van der Waals surface area contributed by atoms with Crippen molar-refractivity contribution in [1.29, 1.82) is 0 Å². The molecule has 3 rings (SSSR count). The summed E-state index contributed by atoms with van der Waals surface area (Å²) >= 11 is 0. The van der Waals surface area contributed by atoms with Gasteiger partial charge in [0.25, 0.3) is 0 Å². The first-order valence-electron chi connectivity index (χ1n) is 6.28. The molecule has 0 atom stereocenters. The Labute approximate surface area is 113 Å². The Morgan fingerprint density at radius 3 is 3.00 bits per heavy atom. The number of aromatic nitrogens is 2. The van der Waals surface area contributed by atoms with Gasteiger partial charge in [0.15, 0.2) is 5.52 Å². The zero-order valence-corrected chi connectivity index (χ0v) is 10.6. The van der Waals surface area contributed by atoms with Gasteiger partial charge in [0.05, 0.1) is 10.6 Å². The first kappa shape index (κ1) is 12.5. The van der Waals surface area contributed by atoms with E-state index in [2.05, 4.69) is 31.7 Å². The summed E-state index contributed by atoms with van der Waals surface area (Å²) in [5.74, 6) is 0. The summed E-state index contributed by atoms with van der Waals surface area (Å²) in [6.07, 6.45) is 3.13. The molecule has 8 heteroatoms. The summed E-state index contributed by atoms with van der Waals surface area (Å²) in [7, 11) is 0. The highest BCUT2D eigenvalue weighted by atomic mass is 16.6. The van der Waals surface area contributed by atoms with Gasteiger partial charge in [-0.25, -0.2) is 4.63 Å². The van der Waals surface area contributed by atoms with E-state index >= 15 is 0 Å². The number of hydrogen-bond donors (Lipinski definition) is 2. The second-order valence-corrected chi connectivity index (χ2v) is 4.52. The van der Waals surface area contributed by atoms with Crippen molar-refractivity contribution in [3.63, 3.8) is 0 Å². The molecule has 1 aromatic carbocycles. The van der Waals surface area contributed by atoms with E-state index in [-0.39, 0.29) is 11.2 Å². The van der Waals surface area contributed by atoms with Crippen LogP contribution in [0.25, 0.3) is 11.0 Å². The van der Waals surface area contributed by atoms with Crippen LogP contribution in [0.1, 0.15) is 6.42 Å². The molecule has 0 radical (unpaired) electrons. The molecule has 0 amide bonds. The minimum absolute atomic E-state index is 0.104. The van der Waals surface area contributed by atoms with Crippen molar-refractivity contribution in [2.75, 3.05) is 25.0 Å². The van der Waals surface area contributed by atoms with Crippen molar-refractivity contribution in [2.45, 2.75) is 6.42 Å². The molecule has 2 aromatic rings. The molecule has 0 saturated carbocycles. The number of nitro groups is 1. The number of hydrogen-bond acceptors (Lipinski definition) is 7. The minimum atomic E-state index is -0.494. The zero-order chi connectivity index (χ0) is 13.9. The Balaban J connectivity index is 1.85. The van der Waals surface area contributed by atoms with Gasteiger partial charge < -0.3 is 10.6 Å². The first-order chi connectivity index (χ1) is 9.75. The average molecular weight is 275 g/mol. The van der Waals surface area contributed by atoms with Crippen molar-refractivity contribution in [3.05, 3.63) is 33.9 Å². The van der Waals surface area contributed by atoms with Crippen LogP contribution < -0.4 is 10.6 Å². The van der Waals surface area contributed by atoms with E-state index in [1.807, 2.05) is 0 Å². The molecule has 0 saturated heterocycles. The van der Waals surface area contributed by atoms with Crippen LogP contribution in [0.4, 0.5) is 11.4 Å². The Hall–Kier alpha value is -2.48. The van der Waals surface area contributed by atoms with Crippen molar-refractivity contribution in [1.82, 2.24) is 15.6 Å². The third kappa shape index (κ3) is 2.32. The van der Waals surface area contributed by atoms with Crippen LogP contribution in [-0.4, -0.2) is 34.9 Å². The van der Waals surface area contributed by atoms with E-state index in [9.17, 15) is 10.1 Å². The highest BCUT2D eigenvalue weighted by molar-refractivity contribution is 5.93. The molecular weight excluding hydrogens is 262 g/mol. The molecule has 104 valence electrons. The van der Waals surface area contributed by atoms with E-state index in [1.165, 1.54) is 11.6 Å². The molecule has 20 heavy (non-hydrogen) atoms. The fourth-order valence-corrected chi connectivity index (χ4v) is 2.18. The second-order valence-electron chi connectivity index (χ2n) is 4.52. The van der Waals surface area contributed by atoms with Crippen molar-refractivity contribution < 1.29 is 9.55 Å². The minimum Gasteiger partial charge on any atom is -0.379 e. The first-order valence-corrected chi connectivity index (χ1v) is 6.28. The third-order valence-corrected chi connectivity index (χ3v) is 3.25. The number of nitro benzene ring substituents is 1. The van der Waals surface area contributed by atoms with Gasteiger partial charge in [-0.1, -0.05) is 11.6 Å². The van der Waals surface area contributed by atoms with Crippen LogP contribution in [0.5, 0.6) is 0 Å². The molecule has 1 aliphatic heterocycles. The summed E-state index contributed by atoms with van der Waals surface area (Å²) in [6.45, 7) is 2.52. The maximum Gasteiger partial charge on any atom is 0.300 e. The molecule has 1 aliphatic rings. The van der Waals surface area contributed by atoms with Gasteiger partial charge in [-0.3, -0.25) is 10.1 Å². The van der Waals surface area contributed by atoms with Crippen LogP contribution >= 0.6 is 0 Å². The monoisotopic (exact) mass is 275 g/mol. The van der Waals surface area contributed by atoms with Gasteiger partial charge in [0.2, 0.25) is 5.52 Å². The fraction of sp³-hybridized carbons (Fsp3) is 0.333. The van der Waals surface area contributed by atoms with E-state index < -0.39 is 4.92 Å². The number of anilines is 1. The van der Waals surface area contributed by atoms with Gasteiger partial charge in [0.1, 0.15) is 0 Å². The maximum absolute atomic E-state index is 10.9.